The summed E-state index contributed by atoms with van der Waals surface area (Å²) in [5.74, 6) is -0.253. The molecule has 0 aliphatic carbocycles. The lowest BCUT2D eigenvalue weighted by Crippen LogP contribution is -2.19. The fourth-order valence-corrected chi connectivity index (χ4v) is 4.24. The molecule has 3 aromatic rings. The van der Waals surface area contributed by atoms with Gasteiger partial charge in [-0.3, -0.25) is 0 Å². The molecule has 168 valence electrons. The van der Waals surface area contributed by atoms with Gasteiger partial charge in [0.2, 0.25) is 5.95 Å². The smallest absolute Gasteiger partial charge is 0.227 e. The molecule has 0 amide bonds. The van der Waals surface area contributed by atoms with Crippen molar-refractivity contribution in [3.05, 3.63) is 59.8 Å². The van der Waals surface area contributed by atoms with Crippen molar-refractivity contribution in [1.29, 1.82) is 0 Å². The molecule has 2 aromatic carbocycles. The van der Waals surface area contributed by atoms with Gasteiger partial charge in [0.1, 0.15) is 23.0 Å². The molecule has 1 aliphatic heterocycles. The summed E-state index contributed by atoms with van der Waals surface area (Å²) in [6.07, 6.45) is 4.32. The van der Waals surface area contributed by atoms with E-state index in [1.165, 1.54) is 18.2 Å². The number of rotatable bonds is 2. The molecule has 1 aliphatic rings. The summed E-state index contributed by atoms with van der Waals surface area (Å²) < 4.78 is 46.1. The predicted molar refractivity (Wildman–Crippen MR) is 123 cm³/mol. The van der Waals surface area contributed by atoms with Crippen molar-refractivity contribution < 1.29 is 18.1 Å². The summed E-state index contributed by atoms with van der Waals surface area (Å²) in [5, 5.41) is 3.13. The van der Waals surface area contributed by atoms with Crippen molar-refractivity contribution in [1.82, 2.24) is 9.97 Å². The van der Waals surface area contributed by atoms with E-state index < -0.39 is 22.8 Å². The summed E-state index contributed by atoms with van der Waals surface area (Å²) in [5.41, 5.74) is 2.96. The number of nitrogens with one attached hydrogen (secondary N) is 1. The summed E-state index contributed by atoms with van der Waals surface area (Å²) in [6.45, 7) is 1.14. The maximum absolute atomic E-state index is 14.7. The second kappa shape index (κ2) is 9.70. The number of halogens is 2. The highest BCUT2D eigenvalue weighted by atomic mass is 32.2. The topological polar surface area (TPSA) is 73.3 Å². The Morgan fingerprint density at radius 3 is 2.84 bits per heavy atom. The van der Waals surface area contributed by atoms with Crippen LogP contribution in [-0.2, 0) is 16.9 Å². The molecule has 0 spiro atoms. The Balaban J connectivity index is 1.79. The van der Waals surface area contributed by atoms with Crippen LogP contribution in [0, 0.1) is 11.6 Å². The molecule has 1 N–H and O–H groups in total. The first kappa shape index (κ1) is 22.3. The van der Waals surface area contributed by atoms with E-state index in [9.17, 15) is 13.3 Å². The van der Waals surface area contributed by atoms with Crippen LogP contribution >= 0.6 is 0 Å². The number of benzene rings is 2. The number of fused-ring (bicyclic) bond motifs is 6. The highest BCUT2D eigenvalue weighted by molar-refractivity contribution is 7.89. The molecule has 1 aromatic heterocycles. The van der Waals surface area contributed by atoms with E-state index in [0.29, 0.717) is 23.6 Å². The quantitative estimate of drug-likeness (QED) is 0.564. The molecule has 1 atom stereocenters. The van der Waals surface area contributed by atoms with Crippen molar-refractivity contribution >= 4 is 28.5 Å². The summed E-state index contributed by atoms with van der Waals surface area (Å²) in [7, 11) is 1.99. The fraction of sp³-hybridized carbons (Fsp3) is 0.304. The van der Waals surface area contributed by atoms with E-state index in [-0.39, 0.29) is 17.4 Å². The van der Waals surface area contributed by atoms with Gasteiger partial charge in [-0.2, -0.15) is 0 Å². The zero-order valence-electron chi connectivity index (χ0n) is 17.9. The van der Waals surface area contributed by atoms with Crippen LogP contribution in [0.4, 0.5) is 26.1 Å². The molecule has 2 heterocycles. The third-order valence-electron chi connectivity index (χ3n) is 5.13. The molecule has 0 saturated heterocycles. The van der Waals surface area contributed by atoms with Crippen LogP contribution in [0.5, 0.6) is 5.75 Å². The van der Waals surface area contributed by atoms with Crippen LogP contribution in [0.1, 0.15) is 18.4 Å². The first-order valence-corrected chi connectivity index (χ1v) is 12.0. The largest absolute Gasteiger partial charge is 0.616 e. The molecule has 0 fully saturated rings. The van der Waals surface area contributed by atoms with Crippen molar-refractivity contribution in [2.75, 3.05) is 36.7 Å². The molecular formula is C23H24F2N4O2S. The van der Waals surface area contributed by atoms with Gasteiger partial charge in [-0.15, -0.1) is 0 Å². The van der Waals surface area contributed by atoms with Gasteiger partial charge in [0.15, 0.2) is 5.82 Å². The maximum atomic E-state index is 14.7. The van der Waals surface area contributed by atoms with Gasteiger partial charge in [0.25, 0.3) is 0 Å². The zero-order chi connectivity index (χ0) is 22.7. The zero-order valence-corrected chi connectivity index (χ0v) is 18.7. The van der Waals surface area contributed by atoms with Crippen LogP contribution in [0.15, 0.2) is 42.6 Å². The minimum absolute atomic E-state index is 0.0236. The molecule has 1 unspecified atom stereocenters. The summed E-state index contributed by atoms with van der Waals surface area (Å²) in [4.78, 5) is 10.5. The molecule has 0 saturated carbocycles. The molecular weight excluding hydrogens is 434 g/mol. The normalized spacial score (nSPS) is 15.0. The average molecular weight is 459 g/mol. The first-order valence-electron chi connectivity index (χ1n) is 10.3. The van der Waals surface area contributed by atoms with Gasteiger partial charge in [0.05, 0.1) is 19.1 Å². The van der Waals surface area contributed by atoms with Gasteiger partial charge < -0.3 is 19.5 Å². The number of ether oxygens (including phenoxy) is 1. The lowest BCUT2D eigenvalue weighted by Gasteiger charge is -2.21. The van der Waals surface area contributed by atoms with Gasteiger partial charge in [-0.1, -0.05) is 11.2 Å². The third kappa shape index (κ3) is 5.28. The summed E-state index contributed by atoms with van der Waals surface area (Å²) >= 11 is -1.00. The number of nitrogens with zero attached hydrogens (tertiary/aromatic N) is 3. The van der Waals surface area contributed by atoms with Crippen LogP contribution in [0.2, 0.25) is 0 Å². The third-order valence-corrected chi connectivity index (χ3v) is 5.87. The Morgan fingerprint density at radius 1 is 1.19 bits per heavy atom. The minimum atomic E-state index is -1.00. The van der Waals surface area contributed by atoms with Gasteiger partial charge in [0, 0.05) is 42.2 Å². The van der Waals surface area contributed by atoms with E-state index in [2.05, 4.69) is 20.2 Å². The van der Waals surface area contributed by atoms with E-state index in [4.69, 9.17) is 4.74 Å². The maximum Gasteiger partial charge on any atom is 0.227 e. The number of hydrogen-bond donors (Lipinski definition) is 1. The van der Waals surface area contributed by atoms with Gasteiger partial charge in [-0.05, 0) is 43.2 Å². The molecule has 32 heavy (non-hydrogen) atoms. The SMILES string of the molecule is CN1CCCCOc2cc(F)ccc2-c2nc(ncc2F)Nc2cc(C[S+](C)[O-])cc1c2. The second-order valence-electron chi connectivity index (χ2n) is 7.74. The molecule has 0 radical (unpaired) electrons. The molecule has 9 heteroatoms. The second-order valence-corrected chi connectivity index (χ2v) is 9.17. The molecule has 4 rings (SSSR count). The number of anilines is 3. The first-order chi connectivity index (χ1) is 15.4. The standard InChI is InChI=1S/C23H24F2N4O2S/c1-29-7-3-4-8-31-21-11-16(24)5-6-19(21)22-20(25)13-26-23(28-22)27-17-9-15(14-32(2)30)10-18(29)12-17/h5-6,9-13H,3-4,7-8,14H2,1-2H3,(H,26,27,28). The Labute approximate surface area is 188 Å². The van der Waals surface area contributed by atoms with Gasteiger partial charge in [-0.25, -0.2) is 18.7 Å². The molecule has 6 nitrogen and oxygen atoms in total. The van der Waals surface area contributed by atoms with Crippen LogP contribution in [0.3, 0.4) is 0 Å². The Hall–Kier alpha value is -2.91. The van der Waals surface area contributed by atoms with Crippen molar-refractivity contribution in [2.45, 2.75) is 18.6 Å². The van der Waals surface area contributed by atoms with Crippen molar-refractivity contribution in [3.63, 3.8) is 0 Å². The highest BCUT2D eigenvalue weighted by Crippen LogP contribution is 2.33. The van der Waals surface area contributed by atoms with E-state index in [1.807, 2.05) is 25.2 Å². The van der Waals surface area contributed by atoms with E-state index >= 15 is 0 Å². The van der Waals surface area contributed by atoms with E-state index in [0.717, 1.165) is 36.8 Å². The minimum Gasteiger partial charge on any atom is -0.616 e. The number of hydrogen-bond acceptors (Lipinski definition) is 6. The Morgan fingerprint density at radius 2 is 2.03 bits per heavy atom. The predicted octanol–water partition coefficient (Wildman–Crippen LogP) is 4.65. The lowest BCUT2D eigenvalue weighted by atomic mass is 10.1. The molecule has 4 bridgehead atoms. The van der Waals surface area contributed by atoms with Crippen LogP contribution in [-0.4, -0.2) is 41.0 Å². The monoisotopic (exact) mass is 458 g/mol. The summed E-state index contributed by atoms with van der Waals surface area (Å²) in [6, 6.07) is 9.80. The van der Waals surface area contributed by atoms with Crippen molar-refractivity contribution in [3.8, 4) is 17.0 Å². The number of aromatic nitrogens is 2. The average Bonchev–Trinajstić information content (AvgIpc) is 2.74. The van der Waals surface area contributed by atoms with Crippen molar-refractivity contribution in [2.24, 2.45) is 0 Å². The lowest BCUT2D eigenvalue weighted by molar-refractivity contribution is 0.307. The fourth-order valence-electron chi connectivity index (χ4n) is 3.60. The highest BCUT2D eigenvalue weighted by Gasteiger charge is 2.17. The Bertz CT molecular complexity index is 1110. The van der Waals surface area contributed by atoms with Crippen LogP contribution < -0.4 is 15.0 Å². The van der Waals surface area contributed by atoms with E-state index in [1.54, 1.807) is 6.26 Å². The Kier molecular flexibility index (Phi) is 6.76. The van der Waals surface area contributed by atoms with Gasteiger partial charge >= 0.3 is 0 Å². The van der Waals surface area contributed by atoms with Crippen LogP contribution in [0.25, 0.3) is 11.3 Å².